The summed E-state index contributed by atoms with van der Waals surface area (Å²) in [6.45, 7) is 0. The molecule has 5 heteroatoms. The predicted molar refractivity (Wildman–Crippen MR) is 114 cm³/mol. The van der Waals surface area contributed by atoms with Crippen molar-refractivity contribution in [3.8, 4) is 28.4 Å². The molecule has 4 rings (SSSR count). The van der Waals surface area contributed by atoms with Crippen LogP contribution in [-0.2, 0) is 0 Å². The molecule has 2 aromatic heterocycles. The Balaban J connectivity index is 1.79. The highest BCUT2D eigenvalue weighted by molar-refractivity contribution is 6.08. The van der Waals surface area contributed by atoms with E-state index in [4.69, 9.17) is 9.47 Å². The number of pyridine rings is 2. The molecule has 4 aromatic rings. The highest BCUT2D eigenvalue weighted by Crippen LogP contribution is 2.22. The van der Waals surface area contributed by atoms with Crippen LogP contribution in [0.2, 0.25) is 0 Å². The number of aromatic nitrogens is 2. The summed E-state index contributed by atoms with van der Waals surface area (Å²) in [6.07, 6.45) is 5.35. The lowest BCUT2D eigenvalue weighted by molar-refractivity contribution is -0.584. The highest BCUT2D eigenvalue weighted by Gasteiger charge is 2.21. The first-order valence-electron chi connectivity index (χ1n) is 9.49. The molecule has 0 bridgehead atoms. The smallest absolute Gasteiger partial charge is 0.229 e. The molecule has 0 unspecified atom stereocenters. The minimum absolute atomic E-state index is 0.0587. The summed E-state index contributed by atoms with van der Waals surface area (Å²) in [6, 6.07) is 22.6. The lowest BCUT2D eigenvalue weighted by atomic mass is 10.0. The van der Waals surface area contributed by atoms with E-state index in [9.17, 15) is 4.79 Å². The number of hydrogen-bond donors (Lipinski definition) is 0. The van der Waals surface area contributed by atoms with Crippen molar-refractivity contribution in [2.45, 2.75) is 0 Å². The molecular weight excluding hydrogens is 376 g/mol. The van der Waals surface area contributed by atoms with Crippen molar-refractivity contribution in [1.29, 1.82) is 0 Å². The van der Waals surface area contributed by atoms with E-state index in [2.05, 4.69) is 4.98 Å². The number of carbonyl (C=O) groups excluding carboxylic acids is 1. The third-order valence-electron chi connectivity index (χ3n) is 4.87. The zero-order valence-electron chi connectivity index (χ0n) is 16.8. The van der Waals surface area contributed by atoms with Crippen LogP contribution in [0.5, 0.6) is 11.5 Å². The largest absolute Gasteiger partial charge is 0.497 e. The number of carbonyl (C=O) groups is 1. The van der Waals surface area contributed by atoms with Gasteiger partial charge in [-0.1, -0.05) is 0 Å². The van der Waals surface area contributed by atoms with Gasteiger partial charge in [0.05, 0.1) is 26.0 Å². The standard InChI is InChI=1S/C25H21N2O3/c1-29-22-10-5-18(6-11-22)24-14-9-20(17-27(24)21-4-3-15-26-16-21)25(28)19-7-12-23(30-2)13-8-19/h3-17H,1-2H3/q+1. The molecule has 2 heterocycles. The molecule has 2 aromatic carbocycles. The average molecular weight is 397 g/mol. The summed E-state index contributed by atoms with van der Waals surface area (Å²) in [5.41, 5.74) is 4.00. The molecule has 0 aliphatic heterocycles. The second-order valence-electron chi connectivity index (χ2n) is 6.67. The van der Waals surface area contributed by atoms with E-state index in [-0.39, 0.29) is 5.78 Å². The number of nitrogens with zero attached hydrogens (tertiary/aromatic N) is 2. The lowest BCUT2D eigenvalue weighted by Gasteiger charge is -2.07. The number of methoxy groups -OCH3 is 2. The van der Waals surface area contributed by atoms with Crippen molar-refractivity contribution in [3.05, 3.63) is 103 Å². The molecule has 0 aliphatic carbocycles. The van der Waals surface area contributed by atoms with Crippen molar-refractivity contribution in [3.63, 3.8) is 0 Å². The van der Waals surface area contributed by atoms with E-state index >= 15 is 0 Å². The maximum Gasteiger partial charge on any atom is 0.229 e. The maximum absolute atomic E-state index is 13.1. The van der Waals surface area contributed by atoms with Crippen LogP contribution >= 0.6 is 0 Å². The molecule has 0 saturated heterocycles. The normalized spacial score (nSPS) is 10.5. The van der Waals surface area contributed by atoms with Crippen LogP contribution in [0.15, 0.2) is 91.4 Å². The zero-order valence-corrected chi connectivity index (χ0v) is 16.8. The third-order valence-corrected chi connectivity index (χ3v) is 4.87. The van der Waals surface area contributed by atoms with Gasteiger partial charge in [-0.05, 0) is 60.7 Å². The third kappa shape index (κ3) is 3.91. The van der Waals surface area contributed by atoms with E-state index in [0.717, 1.165) is 22.7 Å². The van der Waals surface area contributed by atoms with Gasteiger partial charge in [0, 0.05) is 29.5 Å². The van der Waals surface area contributed by atoms with Crippen LogP contribution in [-0.4, -0.2) is 25.0 Å². The van der Waals surface area contributed by atoms with E-state index < -0.39 is 0 Å². The highest BCUT2D eigenvalue weighted by atomic mass is 16.5. The van der Waals surface area contributed by atoms with Crippen LogP contribution in [0.1, 0.15) is 15.9 Å². The van der Waals surface area contributed by atoms with Crippen LogP contribution in [0.3, 0.4) is 0 Å². The summed E-state index contributed by atoms with van der Waals surface area (Å²) in [7, 11) is 3.25. The summed E-state index contributed by atoms with van der Waals surface area (Å²) in [4.78, 5) is 17.3. The minimum atomic E-state index is -0.0587. The number of rotatable bonds is 6. The minimum Gasteiger partial charge on any atom is -0.497 e. The first-order valence-corrected chi connectivity index (χ1v) is 9.49. The topological polar surface area (TPSA) is 52.3 Å². The first-order chi connectivity index (χ1) is 14.7. The van der Waals surface area contributed by atoms with Gasteiger partial charge in [-0.25, -0.2) is 0 Å². The Morgan fingerprint density at radius 1 is 0.800 bits per heavy atom. The van der Waals surface area contributed by atoms with Gasteiger partial charge in [0.25, 0.3) is 0 Å². The first kappa shape index (κ1) is 19.3. The van der Waals surface area contributed by atoms with Gasteiger partial charge >= 0.3 is 0 Å². The van der Waals surface area contributed by atoms with Gasteiger partial charge < -0.3 is 9.47 Å². The van der Waals surface area contributed by atoms with Crippen molar-refractivity contribution >= 4 is 5.78 Å². The lowest BCUT2D eigenvalue weighted by Crippen LogP contribution is -2.34. The van der Waals surface area contributed by atoms with Crippen LogP contribution in [0.25, 0.3) is 16.9 Å². The molecule has 0 fully saturated rings. The van der Waals surface area contributed by atoms with E-state index in [1.54, 1.807) is 50.9 Å². The summed E-state index contributed by atoms with van der Waals surface area (Å²) in [5, 5.41) is 0. The predicted octanol–water partition coefficient (Wildman–Crippen LogP) is 4.27. The molecule has 0 radical (unpaired) electrons. The van der Waals surface area contributed by atoms with E-state index in [1.807, 2.05) is 59.3 Å². The molecule has 148 valence electrons. The fraction of sp³-hybridized carbons (Fsp3) is 0.0800. The van der Waals surface area contributed by atoms with Crippen molar-refractivity contribution in [2.24, 2.45) is 0 Å². The molecule has 0 amide bonds. The maximum atomic E-state index is 13.1. The molecular formula is C25H21N2O3+. The van der Waals surface area contributed by atoms with E-state index in [0.29, 0.717) is 16.9 Å². The Morgan fingerprint density at radius 2 is 1.43 bits per heavy atom. The van der Waals surface area contributed by atoms with Gasteiger partial charge in [-0.2, -0.15) is 4.57 Å². The van der Waals surface area contributed by atoms with Crippen molar-refractivity contribution in [1.82, 2.24) is 4.98 Å². The fourth-order valence-electron chi connectivity index (χ4n) is 3.25. The quantitative estimate of drug-likeness (QED) is 0.360. The molecule has 5 nitrogen and oxygen atoms in total. The molecule has 0 aliphatic rings. The van der Waals surface area contributed by atoms with Gasteiger partial charge in [0.15, 0.2) is 12.0 Å². The molecule has 0 N–H and O–H groups in total. The Hall–Kier alpha value is -3.99. The van der Waals surface area contributed by atoms with Crippen molar-refractivity contribution < 1.29 is 18.8 Å². The van der Waals surface area contributed by atoms with Gasteiger partial charge in [0.1, 0.15) is 11.5 Å². The Bertz CT molecular complexity index is 1160. The Labute approximate surface area is 175 Å². The molecule has 0 spiro atoms. The van der Waals surface area contributed by atoms with Crippen LogP contribution in [0.4, 0.5) is 0 Å². The Morgan fingerprint density at radius 3 is 2.03 bits per heavy atom. The number of benzene rings is 2. The Kier molecular flexibility index (Phi) is 5.52. The number of ether oxygens (including phenoxy) is 2. The summed E-state index contributed by atoms with van der Waals surface area (Å²) < 4.78 is 12.4. The molecule has 0 atom stereocenters. The molecule has 30 heavy (non-hydrogen) atoms. The van der Waals surface area contributed by atoms with Gasteiger partial charge in [-0.3, -0.25) is 9.78 Å². The SMILES string of the molecule is COc1ccc(C(=O)c2ccc(-c3ccc(OC)cc3)[n+](-c3cccnc3)c2)cc1. The zero-order chi connectivity index (χ0) is 20.9. The monoisotopic (exact) mass is 397 g/mol. The van der Waals surface area contributed by atoms with Gasteiger partial charge in [0.2, 0.25) is 11.4 Å². The van der Waals surface area contributed by atoms with Crippen LogP contribution in [0, 0.1) is 0 Å². The summed E-state index contributed by atoms with van der Waals surface area (Å²) in [5.74, 6) is 1.45. The average Bonchev–Trinajstić information content (AvgIpc) is 2.84. The van der Waals surface area contributed by atoms with Crippen LogP contribution < -0.4 is 14.0 Å². The second kappa shape index (κ2) is 8.57. The molecule has 0 saturated carbocycles. The van der Waals surface area contributed by atoms with E-state index in [1.165, 1.54) is 0 Å². The number of ketones is 1. The fourth-order valence-corrected chi connectivity index (χ4v) is 3.25. The van der Waals surface area contributed by atoms with Gasteiger partial charge in [-0.15, -0.1) is 0 Å². The second-order valence-corrected chi connectivity index (χ2v) is 6.67. The van der Waals surface area contributed by atoms with Crippen molar-refractivity contribution in [2.75, 3.05) is 14.2 Å². The summed E-state index contributed by atoms with van der Waals surface area (Å²) >= 11 is 0. The number of hydrogen-bond acceptors (Lipinski definition) is 4.